The van der Waals surface area contributed by atoms with E-state index in [2.05, 4.69) is 27.5 Å². The Balaban J connectivity index is 1.62. The van der Waals surface area contributed by atoms with Crippen LogP contribution in [0.15, 0.2) is 55.0 Å². The van der Waals surface area contributed by atoms with Crippen molar-refractivity contribution in [3.63, 3.8) is 0 Å². The van der Waals surface area contributed by atoms with E-state index < -0.39 is 17.6 Å². The second-order valence-electron chi connectivity index (χ2n) is 8.25. The van der Waals surface area contributed by atoms with Crippen LogP contribution < -0.4 is 9.64 Å². The Morgan fingerprint density at radius 1 is 1.14 bits per heavy atom. The smallest absolute Gasteiger partial charge is 0.318 e. The third-order valence-electron chi connectivity index (χ3n) is 6.24. The lowest BCUT2D eigenvalue weighted by Crippen LogP contribution is -2.49. The standard InChI is InChI=1S/C27H21F2N5O2/c1-4-17-7-5-8-18-9-6-10-19(21(17)18)23-22(29)24-20(15-30-23)25(32-27(31-24)36-3)33-11-13-34(14-12-33)26(35)16(2)28/h1,5-10,15H,2,11-14H2,3H3. The van der Waals surface area contributed by atoms with Crippen LogP contribution in [0.2, 0.25) is 0 Å². The van der Waals surface area contributed by atoms with Crippen LogP contribution in [0.4, 0.5) is 14.6 Å². The second kappa shape index (κ2) is 9.23. The monoisotopic (exact) mass is 485 g/mol. The predicted molar refractivity (Wildman–Crippen MR) is 134 cm³/mol. The van der Waals surface area contributed by atoms with Crippen LogP contribution in [0.1, 0.15) is 5.56 Å². The lowest BCUT2D eigenvalue weighted by atomic mass is 9.97. The minimum absolute atomic E-state index is 0.00794. The fraction of sp³-hybridized carbons (Fsp3) is 0.185. The van der Waals surface area contributed by atoms with Crippen molar-refractivity contribution in [1.29, 1.82) is 0 Å². The van der Waals surface area contributed by atoms with Crippen LogP contribution >= 0.6 is 0 Å². The molecule has 7 nitrogen and oxygen atoms in total. The summed E-state index contributed by atoms with van der Waals surface area (Å²) in [6.45, 7) is 4.30. The number of terminal acetylenes is 1. The lowest BCUT2D eigenvalue weighted by molar-refractivity contribution is -0.128. The van der Waals surface area contributed by atoms with Crippen molar-refractivity contribution < 1.29 is 18.3 Å². The summed E-state index contributed by atoms with van der Waals surface area (Å²) < 4.78 is 34.6. The van der Waals surface area contributed by atoms with Crippen molar-refractivity contribution in [2.45, 2.75) is 0 Å². The van der Waals surface area contributed by atoms with Crippen molar-refractivity contribution in [2.24, 2.45) is 0 Å². The molecule has 1 amide bonds. The van der Waals surface area contributed by atoms with Crippen molar-refractivity contribution >= 4 is 33.4 Å². The number of piperazine rings is 1. The molecule has 0 bridgehead atoms. The molecule has 0 atom stereocenters. The average Bonchev–Trinajstić information content (AvgIpc) is 2.91. The maximum atomic E-state index is 16.1. The number of carbonyl (C=O) groups is 1. The first-order chi connectivity index (χ1) is 17.4. The molecule has 0 unspecified atom stereocenters. The molecule has 1 aliphatic heterocycles. The fourth-order valence-electron chi connectivity index (χ4n) is 4.49. The van der Waals surface area contributed by atoms with Gasteiger partial charge in [0.2, 0.25) is 0 Å². The number of hydrogen-bond acceptors (Lipinski definition) is 6. The summed E-state index contributed by atoms with van der Waals surface area (Å²) in [5, 5.41) is 1.99. The average molecular weight is 485 g/mol. The highest BCUT2D eigenvalue weighted by Gasteiger charge is 2.27. The Morgan fingerprint density at radius 3 is 2.53 bits per heavy atom. The zero-order valence-corrected chi connectivity index (χ0v) is 19.5. The third-order valence-corrected chi connectivity index (χ3v) is 6.24. The SMILES string of the molecule is C#Cc1cccc2cccc(-c3ncc4c(N5CCN(C(=O)C(=C)F)CC5)nc(OC)nc4c3F)c12. The Bertz CT molecular complexity index is 1570. The topological polar surface area (TPSA) is 71.5 Å². The van der Waals surface area contributed by atoms with Gasteiger partial charge in [0.15, 0.2) is 11.6 Å². The Hall–Kier alpha value is -4.58. The molecule has 1 saturated heterocycles. The van der Waals surface area contributed by atoms with Gasteiger partial charge in [-0.3, -0.25) is 9.78 Å². The highest BCUT2D eigenvalue weighted by molar-refractivity contribution is 6.02. The summed E-state index contributed by atoms with van der Waals surface area (Å²) in [6.07, 6.45) is 7.25. The molecule has 36 heavy (non-hydrogen) atoms. The molecule has 1 fully saturated rings. The van der Waals surface area contributed by atoms with Crippen molar-refractivity contribution in [2.75, 3.05) is 38.2 Å². The minimum atomic E-state index is -1.00. The molecule has 9 heteroatoms. The van der Waals surface area contributed by atoms with E-state index in [0.717, 1.165) is 10.8 Å². The molecule has 0 spiro atoms. The number of pyridine rings is 1. The van der Waals surface area contributed by atoms with Crippen molar-refractivity contribution in [3.05, 3.63) is 66.4 Å². The first kappa shape index (κ1) is 23.2. The van der Waals surface area contributed by atoms with E-state index in [1.165, 1.54) is 18.2 Å². The molecular weight excluding hydrogens is 464 g/mol. The van der Waals surface area contributed by atoms with E-state index in [1.54, 1.807) is 12.1 Å². The summed E-state index contributed by atoms with van der Waals surface area (Å²) in [7, 11) is 1.40. The van der Waals surface area contributed by atoms with Gasteiger partial charge < -0.3 is 14.5 Å². The largest absolute Gasteiger partial charge is 0.467 e. The van der Waals surface area contributed by atoms with Gasteiger partial charge in [0.05, 0.1) is 12.5 Å². The fourth-order valence-corrected chi connectivity index (χ4v) is 4.49. The van der Waals surface area contributed by atoms with Gasteiger partial charge in [0.25, 0.3) is 5.91 Å². The van der Waals surface area contributed by atoms with E-state index in [9.17, 15) is 9.18 Å². The van der Waals surface area contributed by atoms with Crippen LogP contribution in [0.3, 0.4) is 0 Å². The van der Waals surface area contributed by atoms with E-state index >= 15 is 4.39 Å². The maximum absolute atomic E-state index is 16.1. The van der Waals surface area contributed by atoms with Crippen LogP contribution in [0.5, 0.6) is 6.01 Å². The third kappa shape index (κ3) is 3.86. The predicted octanol–water partition coefficient (Wildman–Crippen LogP) is 4.11. The molecule has 2 aromatic carbocycles. The number of ether oxygens (including phenoxy) is 1. The maximum Gasteiger partial charge on any atom is 0.318 e. The molecule has 0 radical (unpaired) electrons. The summed E-state index contributed by atoms with van der Waals surface area (Å²) in [5.41, 5.74) is 1.35. The van der Waals surface area contributed by atoms with Gasteiger partial charge >= 0.3 is 6.01 Å². The van der Waals surface area contributed by atoms with Crippen molar-refractivity contribution in [1.82, 2.24) is 19.9 Å². The summed E-state index contributed by atoms with van der Waals surface area (Å²) in [4.78, 5) is 28.3. The summed E-state index contributed by atoms with van der Waals surface area (Å²) in [6, 6.07) is 11.1. The van der Waals surface area contributed by atoms with Gasteiger partial charge in [0, 0.05) is 48.9 Å². The first-order valence-corrected chi connectivity index (χ1v) is 11.2. The van der Waals surface area contributed by atoms with E-state index in [-0.39, 0.29) is 30.3 Å². The van der Waals surface area contributed by atoms with Crippen LogP contribution in [-0.2, 0) is 4.79 Å². The zero-order chi connectivity index (χ0) is 25.4. The summed E-state index contributed by atoms with van der Waals surface area (Å²) >= 11 is 0. The van der Waals surface area contributed by atoms with E-state index in [4.69, 9.17) is 11.2 Å². The van der Waals surface area contributed by atoms with Gasteiger partial charge in [-0.15, -0.1) is 6.42 Å². The Morgan fingerprint density at radius 2 is 1.86 bits per heavy atom. The van der Waals surface area contributed by atoms with Gasteiger partial charge in [-0.2, -0.15) is 9.97 Å². The number of amides is 1. The number of halogens is 2. The number of hydrogen-bond donors (Lipinski definition) is 0. The molecule has 3 heterocycles. The van der Waals surface area contributed by atoms with E-state index in [0.29, 0.717) is 35.4 Å². The van der Waals surface area contributed by atoms with Gasteiger partial charge in [-0.1, -0.05) is 42.8 Å². The highest BCUT2D eigenvalue weighted by atomic mass is 19.1. The number of nitrogens with zero attached hydrogens (tertiary/aromatic N) is 5. The molecule has 4 aromatic rings. The normalized spacial score (nSPS) is 13.6. The number of rotatable bonds is 4. The Kier molecular flexibility index (Phi) is 5.94. The van der Waals surface area contributed by atoms with Crippen LogP contribution in [-0.4, -0.2) is 59.0 Å². The number of fused-ring (bicyclic) bond motifs is 2. The number of anilines is 1. The van der Waals surface area contributed by atoms with Gasteiger partial charge in [0.1, 0.15) is 17.0 Å². The highest BCUT2D eigenvalue weighted by Crippen LogP contribution is 2.36. The molecular formula is C27H21F2N5O2. The van der Waals surface area contributed by atoms with E-state index in [1.807, 2.05) is 29.2 Å². The number of benzene rings is 2. The van der Waals surface area contributed by atoms with Crippen LogP contribution in [0, 0.1) is 18.2 Å². The molecule has 0 saturated carbocycles. The van der Waals surface area contributed by atoms with Crippen molar-refractivity contribution in [3.8, 4) is 29.6 Å². The van der Waals surface area contributed by atoms with Gasteiger partial charge in [-0.05, 0) is 11.5 Å². The second-order valence-corrected chi connectivity index (χ2v) is 8.25. The number of aromatic nitrogens is 3. The molecule has 0 aliphatic carbocycles. The van der Waals surface area contributed by atoms with Crippen LogP contribution in [0.25, 0.3) is 32.9 Å². The Labute approximate surface area is 206 Å². The molecule has 0 N–H and O–H groups in total. The minimum Gasteiger partial charge on any atom is -0.467 e. The zero-order valence-electron chi connectivity index (χ0n) is 19.5. The summed E-state index contributed by atoms with van der Waals surface area (Å²) in [5.74, 6) is 0.718. The first-order valence-electron chi connectivity index (χ1n) is 11.2. The molecule has 2 aromatic heterocycles. The molecule has 1 aliphatic rings. The lowest BCUT2D eigenvalue weighted by Gasteiger charge is -2.35. The molecule has 5 rings (SSSR count). The van der Waals surface area contributed by atoms with Gasteiger partial charge in [-0.25, -0.2) is 8.78 Å². The molecule has 180 valence electrons. The number of methoxy groups -OCH3 is 1. The quantitative estimate of drug-likeness (QED) is 0.320. The number of carbonyl (C=O) groups excluding carboxylic acids is 1.